The van der Waals surface area contributed by atoms with Gasteiger partial charge in [-0.25, -0.2) is 13.9 Å². The summed E-state index contributed by atoms with van der Waals surface area (Å²) in [6.07, 6.45) is 7.47. The van der Waals surface area contributed by atoms with Crippen molar-refractivity contribution >= 4 is 23.1 Å². The van der Waals surface area contributed by atoms with Crippen LogP contribution in [0.1, 0.15) is 52.8 Å². The summed E-state index contributed by atoms with van der Waals surface area (Å²) in [5.74, 6) is 2.51. The molecule has 5 heteroatoms. The van der Waals surface area contributed by atoms with Gasteiger partial charge in [0.25, 0.3) is 5.82 Å². The first kappa shape index (κ1) is 22.9. The maximum absolute atomic E-state index is 12.9. The van der Waals surface area contributed by atoms with E-state index in [2.05, 4.69) is 42.0 Å². The number of carbonyl (C=O) groups excluding carboxylic acids is 1. The quantitative estimate of drug-likeness (QED) is 0.358. The molecule has 1 aromatic carbocycles. The molecule has 0 bridgehead atoms. The van der Waals surface area contributed by atoms with Gasteiger partial charge in [0.1, 0.15) is 6.10 Å². The van der Waals surface area contributed by atoms with Crippen molar-refractivity contribution in [1.29, 1.82) is 0 Å². The van der Waals surface area contributed by atoms with Gasteiger partial charge in [0, 0.05) is 6.08 Å². The van der Waals surface area contributed by atoms with Crippen molar-refractivity contribution < 1.29 is 38.1 Å². The number of halogens is 1. The monoisotopic (exact) mass is 496 g/mol. The number of imidazole rings is 1. The van der Waals surface area contributed by atoms with Crippen LogP contribution in [-0.2, 0) is 23.1 Å². The van der Waals surface area contributed by atoms with Crippen LogP contribution in [0.5, 0.6) is 0 Å². The summed E-state index contributed by atoms with van der Waals surface area (Å²) in [6.45, 7) is 8.99. The maximum atomic E-state index is 12.9. The number of aromatic nitrogens is 2. The van der Waals surface area contributed by atoms with E-state index in [1.807, 2.05) is 38.3 Å². The molecule has 0 amide bonds. The van der Waals surface area contributed by atoms with Crippen LogP contribution in [0.3, 0.4) is 0 Å². The molecule has 28 heavy (non-hydrogen) atoms. The summed E-state index contributed by atoms with van der Waals surface area (Å²) in [6, 6.07) is 8.19. The number of fused-ring (bicyclic) bond motifs is 1. The van der Waals surface area contributed by atoms with Crippen LogP contribution in [0.4, 0.5) is 0 Å². The SMILES string of the molecule is C/C=C/c1n(CC(=O)OC2C[C@H](C)CC[C@H]2C(C)C)c2ccccc2[n+]1C.[I-]. The lowest BCUT2D eigenvalue weighted by molar-refractivity contribution is -0.647. The fourth-order valence-corrected chi connectivity index (χ4v) is 4.51. The molecule has 0 aliphatic heterocycles. The van der Waals surface area contributed by atoms with Gasteiger partial charge in [0.05, 0.1) is 7.05 Å². The third-order valence-electron chi connectivity index (χ3n) is 6.00. The predicted molar refractivity (Wildman–Crippen MR) is 109 cm³/mol. The van der Waals surface area contributed by atoms with Crippen LogP contribution >= 0.6 is 0 Å². The third kappa shape index (κ3) is 4.78. The average Bonchev–Trinajstić information content (AvgIpc) is 2.88. The number of esters is 1. The normalized spacial score (nSPS) is 22.6. The Labute approximate surface area is 186 Å². The summed E-state index contributed by atoms with van der Waals surface area (Å²) in [5, 5.41) is 0. The number of aryl methyl sites for hydroxylation is 1. The van der Waals surface area contributed by atoms with Gasteiger partial charge in [-0.2, -0.15) is 0 Å². The molecule has 1 aliphatic rings. The Bertz CT molecular complexity index is 840. The van der Waals surface area contributed by atoms with Crippen molar-refractivity contribution in [3.63, 3.8) is 0 Å². The lowest BCUT2D eigenvalue weighted by Gasteiger charge is -2.36. The molecule has 1 unspecified atom stereocenters. The zero-order valence-electron chi connectivity index (χ0n) is 17.7. The van der Waals surface area contributed by atoms with Gasteiger partial charge in [-0.3, -0.25) is 0 Å². The number of para-hydroxylation sites is 2. The molecule has 1 aromatic heterocycles. The molecule has 0 saturated heterocycles. The standard InChI is InChI=1S/C23H33N2O2.HI/c1-6-9-22-24(5)19-10-7-8-11-20(19)25(22)15-23(26)27-21-14-17(4)12-13-18(21)16(2)3;/h6-11,16-18,21H,12-15H2,1-5H3;1H/q+1;/p-1/b9-6+;/t17-,18+,21?;/m1./s1. The van der Waals surface area contributed by atoms with E-state index in [-0.39, 0.29) is 42.6 Å². The number of carbonyl (C=O) groups is 1. The average molecular weight is 496 g/mol. The zero-order chi connectivity index (χ0) is 19.6. The summed E-state index contributed by atoms with van der Waals surface area (Å²) < 4.78 is 10.2. The van der Waals surface area contributed by atoms with E-state index < -0.39 is 0 Å². The van der Waals surface area contributed by atoms with Gasteiger partial charge in [-0.1, -0.05) is 45.4 Å². The van der Waals surface area contributed by atoms with Crippen molar-refractivity contribution in [3.8, 4) is 0 Å². The number of nitrogens with zero attached hydrogens (tertiary/aromatic N) is 2. The molecular formula is C23H33IN2O2. The topological polar surface area (TPSA) is 35.1 Å². The molecule has 4 nitrogen and oxygen atoms in total. The highest BCUT2D eigenvalue weighted by Crippen LogP contribution is 2.35. The van der Waals surface area contributed by atoms with E-state index in [1.165, 1.54) is 6.42 Å². The fourth-order valence-electron chi connectivity index (χ4n) is 4.51. The van der Waals surface area contributed by atoms with Crippen LogP contribution < -0.4 is 28.5 Å². The smallest absolute Gasteiger partial charge is 0.348 e. The van der Waals surface area contributed by atoms with Gasteiger partial charge < -0.3 is 28.7 Å². The van der Waals surface area contributed by atoms with E-state index in [9.17, 15) is 4.79 Å². The molecule has 1 aliphatic carbocycles. The molecule has 2 aromatic rings. The first-order valence-corrected chi connectivity index (χ1v) is 10.2. The number of ether oxygens (including phenoxy) is 1. The molecule has 0 radical (unpaired) electrons. The first-order valence-electron chi connectivity index (χ1n) is 10.2. The Morgan fingerprint density at radius 2 is 2.04 bits per heavy atom. The van der Waals surface area contributed by atoms with Gasteiger partial charge in [-0.05, 0) is 49.7 Å². The molecule has 3 rings (SSSR count). The van der Waals surface area contributed by atoms with Crippen molar-refractivity contribution in [2.75, 3.05) is 0 Å². The maximum Gasteiger partial charge on any atom is 0.348 e. The molecule has 1 fully saturated rings. The van der Waals surface area contributed by atoms with Gasteiger partial charge in [-0.15, -0.1) is 0 Å². The van der Waals surface area contributed by atoms with Crippen molar-refractivity contribution in [3.05, 3.63) is 36.2 Å². The summed E-state index contributed by atoms with van der Waals surface area (Å²) in [5.41, 5.74) is 2.17. The first-order chi connectivity index (χ1) is 12.9. The van der Waals surface area contributed by atoms with E-state index >= 15 is 0 Å². The van der Waals surface area contributed by atoms with E-state index in [0.29, 0.717) is 17.8 Å². The largest absolute Gasteiger partial charge is 1.00 e. The molecular weight excluding hydrogens is 463 g/mol. The van der Waals surface area contributed by atoms with Crippen LogP contribution in [-0.4, -0.2) is 16.6 Å². The molecule has 3 atom stereocenters. The lowest BCUT2D eigenvalue weighted by atomic mass is 9.75. The van der Waals surface area contributed by atoms with Crippen molar-refractivity contribution in [2.24, 2.45) is 24.8 Å². The molecule has 1 saturated carbocycles. The number of allylic oxidation sites excluding steroid dienone is 1. The second-order valence-electron chi connectivity index (χ2n) is 8.35. The summed E-state index contributed by atoms with van der Waals surface area (Å²) >= 11 is 0. The highest BCUT2D eigenvalue weighted by Gasteiger charge is 2.34. The Kier molecular flexibility index (Phi) is 8.10. The zero-order valence-corrected chi connectivity index (χ0v) is 19.8. The Morgan fingerprint density at radius 1 is 1.32 bits per heavy atom. The Hall–Kier alpha value is -1.37. The molecule has 1 heterocycles. The predicted octanol–water partition coefficient (Wildman–Crippen LogP) is 1.51. The Morgan fingerprint density at radius 3 is 2.71 bits per heavy atom. The number of benzene rings is 1. The van der Waals surface area contributed by atoms with Gasteiger partial charge in [0.15, 0.2) is 17.6 Å². The highest BCUT2D eigenvalue weighted by atomic mass is 127. The van der Waals surface area contributed by atoms with Crippen LogP contribution in [0.25, 0.3) is 17.1 Å². The van der Waals surface area contributed by atoms with Gasteiger partial charge >= 0.3 is 5.97 Å². The van der Waals surface area contributed by atoms with Crippen LogP contribution in [0, 0.1) is 17.8 Å². The third-order valence-corrected chi connectivity index (χ3v) is 6.00. The van der Waals surface area contributed by atoms with Crippen LogP contribution in [0.15, 0.2) is 30.3 Å². The number of hydrogen-bond donors (Lipinski definition) is 0. The highest BCUT2D eigenvalue weighted by molar-refractivity contribution is 5.77. The molecule has 0 spiro atoms. The molecule has 0 N–H and O–H groups in total. The number of hydrogen-bond acceptors (Lipinski definition) is 2. The van der Waals surface area contributed by atoms with E-state index in [4.69, 9.17) is 4.74 Å². The minimum absolute atomic E-state index is 0. The van der Waals surface area contributed by atoms with E-state index in [0.717, 1.165) is 29.7 Å². The van der Waals surface area contributed by atoms with Gasteiger partial charge in [0.2, 0.25) is 0 Å². The minimum Gasteiger partial charge on any atom is -1.00 e. The lowest BCUT2D eigenvalue weighted by Crippen LogP contribution is -3.00. The van der Waals surface area contributed by atoms with Crippen molar-refractivity contribution in [2.45, 2.75) is 59.6 Å². The molecule has 154 valence electrons. The minimum atomic E-state index is -0.133. The summed E-state index contributed by atoms with van der Waals surface area (Å²) in [7, 11) is 2.04. The number of rotatable bonds is 5. The van der Waals surface area contributed by atoms with Crippen molar-refractivity contribution in [1.82, 2.24) is 4.57 Å². The second kappa shape index (κ2) is 9.90. The van der Waals surface area contributed by atoms with Crippen LogP contribution in [0.2, 0.25) is 0 Å². The fraction of sp³-hybridized carbons (Fsp3) is 0.565. The Balaban J connectivity index is 0.00000280. The van der Waals surface area contributed by atoms with E-state index in [1.54, 1.807) is 0 Å². The second-order valence-corrected chi connectivity index (χ2v) is 8.35. The summed E-state index contributed by atoms with van der Waals surface area (Å²) in [4.78, 5) is 12.9.